The van der Waals surface area contributed by atoms with Crippen LogP contribution in [0, 0.1) is 20.8 Å². The quantitative estimate of drug-likeness (QED) is 0.395. The number of para-hydroxylation sites is 1. The van der Waals surface area contributed by atoms with Crippen LogP contribution in [-0.2, 0) is 0 Å². The number of hydrogen-bond acceptors (Lipinski definition) is 3. The number of fused-ring (bicyclic) bond motifs is 3. The van der Waals surface area contributed by atoms with Crippen LogP contribution < -0.4 is 9.80 Å². The van der Waals surface area contributed by atoms with E-state index in [4.69, 9.17) is 4.42 Å². The van der Waals surface area contributed by atoms with Crippen LogP contribution in [0.25, 0.3) is 21.9 Å². The molecule has 0 fully saturated rings. The first-order chi connectivity index (χ1) is 13.5. The van der Waals surface area contributed by atoms with Gasteiger partial charge >= 0.3 is 0 Å². The van der Waals surface area contributed by atoms with E-state index in [-0.39, 0.29) is 6.17 Å². The Morgan fingerprint density at radius 1 is 0.786 bits per heavy atom. The fourth-order valence-corrected chi connectivity index (χ4v) is 4.38. The molecule has 1 aromatic heterocycles. The minimum Gasteiger partial charge on any atom is -0.454 e. The Bertz CT molecular complexity index is 1210. The van der Waals surface area contributed by atoms with Gasteiger partial charge in [-0.1, -0.05) is 36.4 Å². The van der Waals surface area contributed by atoms with Crippen LogP contribution in [0.2, 0.25) is 0 Å². The zero-order valence-electron chi connectivity index (χ0n) is 16.7. The van der Waals surface area contributed by atoms with E-state index in [9.17, 15) is 0 Å². The van der Waals surface area contributed by atoms with Crippen LogP contribution in [0.3, 0.4) is 0 Å². The first-order valence-electron chi connectivity index (χ1n) is 9.77. The number of hydrogen-bond donors (Lipinski definition) is 0. The van der Waals surface area contributed by atoms with Gasteiger partial charge in [0, 0.05) is 28.9 Å². The summed E-state index contributed by atoms with van der Waals surface area (Å²) in [6.07, 6.45) is 4.50. The van der Waals surface area contributed by atoms with E-state index in [1.165, 1.54) is 33.2 Å². The highest BCUT2D eigenvalue weighted by Crippen LogP contribution is 2.40. The van der Waals surface area contributed by atoms with Crippen molar-refractivity contribution in [1.29, 1.82) is 0 Å². The van der Waals surface area contributed by atoms with Gasteiger partial charge < -0.3 is 14.2 Å². The number of furan rings is 1. The first-order valence-corrected chi connectivity index (χ1v) is 9.77. The first kappa shape index (κ1) is 16.9. The summed E-state index contributed by atoms with van der Waals surface area (Å²) in [5.41, 5.74) is 8.04. The van der Waals surface area contributed by atoms with E-state index in [0.29, 0.717) is 0 Å². The predicted octanol–water partition coefficient (Wildman–Crippen LogP) is 6.66. The molecular formula is C25H24N2O. The van der Waals surface area contributed by atoms with E-state index in [2.05, 4.69) is 92.4 Å². The standard InChI is InChI=1S/C25H24N2O/c1-16-13-17(2)15-20(14-16)26-11-12-27(19(26)4)24-18(3)9-10-22-21-7-5-6-8-23(21)28-25(22)24/h5-15,19H,1-4H3/t19-/m1/s1. The molecule has 0 saturated heterocycles. The SMILES string of the molecule is Cc1cc(C)cc(N2C=CN(c3c(C)ccc4c3oc3ccccc34)[C@@H]2C)c1. The van der Waals surface area contributed by atoms with E-state index in [1.807, 2.05) is 12.1 Å². The molecule has 0 N–H and O–H groups in total. The summed E-state index contributed by atoms with van der Waals surface area (Å²) in [5.74, 6) is 0. The molecule has 0 unspecified atom stereocenters. The largest absolute Gasteiger partial charge is 0.454 e. The maximum Gasteiger partial charge on any atom is 0.159 e. The lowest BCUT2D eigenvalue weighted by Crippen LogP contribution is -2.36. The van der Waals surface area contributed by atoms with Gasteiger partial charge in [0.1, 0.15) is 11.7 Å². The highest BCUT2D eigenvalue weighted by Gasteiger charge is 2.28. The summed E-state index contributed by atoms with van der Waals surface area (Å²) in [6.45, 7) is 8.69. The second kappa shape index (κ2) is 6.16. The molecule has 0 saturated carbocycles. The average molecular weight is 368 g/mol. The van der Waals surface area contributed by atoms with Crippen molar-refractivity contribution in [3.05, 3.63) is 83.7 Å². The molecule has 4 aromatic rings. The Morgan fingerprint density at radius 3 is 2.29 bits per heavy atom. The topological polar surface area (TPSA) is 19.6 Å². The summed E-state index contributed by atoms with van der Waals surface area (Å²) < 4.78 is 6.31. The molecule has 1 aliphatic rings. The lowest BCUT2D eigenvalue weighted by molar-refractivity contribution is 0.662. The van der Waals surface area contributed by atoms with Crippen molar-refractivity contribution in [3.63, 3.8) is 0 Å². The Kier molecular flexibility index (Phi) is 3.73. The maximum absolute atomic E-state index is 6.31. The van der Waals surface area contributed by atoms with E-state index in [1.54, 1.807) is 0 Å². The van der Waals surface area contributed by atoms with Crippen LogP contribution >= 0.6 is 0 Å². The Labute approximate surface area is 165 Å². The monoisotopic (exact) mass is 368 g/mol. The van der Waals surface area contributed by atoms with Crippen LogP contribution in [0.1, 0.15) is 23.6 Å². The molecule has 28 heavy (non-hydrogen) atoms. The van der Waals surface area contributed by atoms with E-state index >= 15 is 0 Å². The number of anilines is 2. The van der Waals surface area contributed by atoms with Gasteiger partial charge in [0.25, 0.3) is 0 Å². The van der Waals surface area contributed by atoms with Crippen molar-refractivity contribution in [1.82, 2.24) is 0 Å². The predicted molar refractivity (Wildman–Crippen MR) is 118 cm³/mol. The molecule has 3 aromatic carbocycles. The van der Waals surface area contributed by atoms with Crippen molar-refractivity contribution >= 4 is 33.3 Å². The molecule has 140 valence electrons. The smallest absolute Gasteiger partial charge is 0.159 e. The molecule has 0 spiro atoms. The van der Waals surface area contributed by atoms with Gasteiger partial charge in [0.15, 0.2) is 5.58 Å². The summed E-state index contributed by atoms with van der Waals surface area (Å²) in [7, 11) is 0. The van der Waals surface area contributed by atoms with Crippen LogP contribution in [-0.4, -0.2) is 6.17 Å². The Morgan fingerprint density at radius 2 is 1.50 bits per heavy atom. The molecule has 5 rings (SSSR count). The molecule has 3 nitrogen and oxygen atoms in total. The summed E-state index contributed by atoms with van der Waals surface area (Å²) >= 11 is 0. The fraction of sp³-hybridized carbons (Fsp3) is 0.200. The Hall–Kier alpha value is -3.20. The molecule has 2 heterocycles. The zero-order chi connectivity index (χ0) is 19.4. The van der Waals surface area contributed by atoms with Gasteiger partial charge in [-0.2, -0.15) is 0 Å². The third-order valence-electron chi connectivity index (χ3n) is 5.68. The lowest BCUT2D eigenvalue weighted by atomic mass is 10.1. The van der Waals surface area contributed by atoms with Crippen molar-refractivity contribution in [3.8, 4) is 0 Å². The molecule has 0 amide bonds. The van der Waals surface area contributed by atoms with Gasteiger partial charge in [-0.3, -0.25) is 0 Å². The van der Waals surface area contributed by atoms with Crippen molar-refractivity contribution < 1.29 is 4.42 Å². The molecule has 0 aliphatic carbocycles. The highest BCUT2D eigenvalue weighted by atomic mass is 16.3. The van der Waals surface area contributed by atoms with Crippen LogP contribution in [0.4, 0.5) is 11.4 Å². The van der Waals surface area contributed by atoms with E-state index in [0.717, 1.165) is 16.9 Å². The molecule has 0 radical (unpaired) electrons. The van der Waals surface area contributed by atoms with Gasteiger partial charge in [-0.15, -0.1) is 0 Å². The van der Waals surface area contributed by atoms with Crippen molar-refractivity contribution in [2.75, 3.05) is 9.80 Å². The number of aryl methyl sites for hydroxylation is 3. The van der Waals surface area contributed by atoms with E-state index < -0.39 is 0 Å². The molecule has 0 bridgehead atoms. The molecule has 1 atom stereocenters. The van der Waals surface area contributed by atoms with Crippen molar-refractivity contribution in [2.24, 2.45) is 0 Å². The van der Waals surface area contributed by atoms with Gasteiger partial charge in [-0.05, 0) is 62.6 Å². The normalized spacial score (nSPS) is 16.6. The van der Waals surface area contributed by atoms with Crippen LogP contribution in [0.5, 0.6) is 0 Å². The Balaban J connectivity index is 1.63. The number of benzene rings is 3. The highest BCUT2D eigenvalue weighted by molar-refractivity contribution is 6.09. The maximum atomic E-state index is 6.31. The lowest BCUT2D eigenvalue weighted by Gasteiger charge is -2.31. The minimum absolute atomic E-state index is 0.165. The second-order valence-corrected chi connectivity index (χ2v) is 7.80. The zero-order valence-corrected chi connectivity index (χ0v) is 16.7. The van der Waals surface area contributed by atoms with Crippen molar-refractivity contribution in [2.45, 2.75) is 33.9 Å². The second-order valence-electron chi connectivity index (χ2n) is 7.80. The third-order valence-corrected chi connectivity index (χ3v) is 5.68. The summed E-state index contributed by atoms with van der Waals surface area (Å²) in [6, 6.07) is 19.3. The number of rotatable bonds is 2. The van der Waals surface area contributed by atoms with Crippen LogP contribution in [0.15, 0.2) is 71.4 Å². The van der Waals surface area contributed by atoms with Gasteiger partial charge in [0.2, 0.25) is 0 Å². The third kappa shape index (κ3) is 2.50. The van der Waals surface area contributed by atoms with Gasteiger partial charge in [0.05, 0.1) is 5.69 Å². The van der Waals surface area contributed by atoms with Gasteiger partial charge in [-0.25, -0.2) is 0 Å². The average Bonchev–Trinajstić information content (AvgIpc) is 3.21. The molecule has 3 heteroatoms. The summed E-state index contributed by atoms with van der Waals surface area (Å²) in [5, 5.41) is 2.34. The minimum atomic E-state index is 0.165. The number of nitrogens with zero attached hydrogens (tertiary/aromatic N) is 2. The summed E-state index contributed by atoms with van der Waals surface area (Å²) in [4.78, 5) is 4.64. The molecule has 1 aliphatic heterocycles. The fourth-order valence-electron chi connectivity index (χ4n) is 4.38. The molecular weight excluding hydrogens is 344 g/mol.